The molecule has 0 saturated heterocycles. The summed E-state index contributed by atoms with van der Waals surface area (Å²) in [6, 6.07) is 7.65. The highest BCUT2D eigenvalue weighted by atomic mass is 79.9. The molecule has 2 aromatic rings. The standard InChI is InChI=1S/C14H14BrCl2N3/c1-3-18-13-11(16)7-12(17)14(20-13)19-9-5-4-8(2)10(15)6-9/h4-7H,3H2,1-2H3,(H2,18,19,20). The predicted octanol–water partition coefficient (Wildman–Crippen LogP) is 5.63. The lowest BCUT2D eigenvalue weighted by atomic mass is 10.2. The Hall–Kier alpha value is -0.970. The number of nitrogens with zero attached hydrogens (tertiary/aromatic N) is 1. The van der Waals surface area contributed by atoms with Gasteiger partial charge in [0.05, 0.1) is 10.0 Å². The van der Waals surface area contributed by atoms with Crippen molar-refractivity contribution in [2.45, 2.75) is 13.8 Å². The zero-order valence-electron chi connectivity index (χ0n) is 11.1. The summed E-state index contributed by atoms with van der Waals surface area (Å²) < 4.78 is 1.03. The molecule has 2 N–H and O–H groups in total. The van der Waals surface area contributed by atoms with Crippen LogP contribution < -0.4 is 10.6 Å². The first-order valence-electron chi connectivity index (χ1n) is 6.14. The van der Waals surface area contributed by atoms with E-state index >= 15 is 0 Å². The quantitative estimate of drug-likeness (QED) is 0.727. The lowest BCUT2D eigenvalue weighted by Gasteiger charge is -2.12. The summed E-state index contributed by atoms with van der Waals surface area (Å²) in [6.07, 6.45) is 0. The van der Waals surface area contributed by atoms with Crippen molar-refractivity contribution >= 4 is 56.5 Å². The van der Waals surface area contributed by atoms with E-state index in [1.54, 1.807) is 6.07 Å². The summed E-state index contributed by atoms with van der Waals surface area (Å²) in [5.41, 5.74) is 2.07. The highest BCUT2D eigenvalue weighted by Gasteiger charge is 2.09. The molecule has 6 heteroatoms. The van der Waals surface area contributed by atoms with Gasteiger partial charge in [-0.1, -0.05) is 45.2 Å². The maximum Gasteiger partial charge on any atom is 0.151 e. The molecule has 0 spiro atoms. The molecule has 0 aliphatic rings. The van der Waals surface area contributed by atoms with Gasteiger partial charge in [0.15, 0.2) is 5.82 Å². The summed E-state index contributed by atoms with van der Waals surface area (Å²) in [5, 5.41) is 7.28. The fraction of sp³-hybridized carbons (Fsp3) is 0.214. The topological polar surface area (TPSA) is 37.0 Å². The third-order valence-corrected chi connectivity index (χ3v) is 4.14. The minimum Gasteiger partial charge on any atom is -0.369 e. The molecule has 0 atom stereocenters. The van der Waals surface area contributed by atoms with E-state index in [1.807, 2.05) is 32.0 Å². The highest BCUT2D eigenvalue weighted by molar-refractivity contribution is 9.10. The van der Waals surface area contributed by atoms with Gasteiger partial charge in [-0.05, 0) is 37.6 Å². The van der Waals surface area contributed by atoms with Gasteiger partial charge < -0.3 is 10.6 Å². The Balaban J connectivity index is 2.32. The number of halogens is 3. The van der Waals surface area contributed by atoms with Crippen LogP contribution in [0.3, 0.4) is 0 Å². The van der Waals surface area contributed by atoms with Crippen molar-refractivity contribution in [1.82, 2.24) is 4.98 Å². The molecule has 0 unspecified atom stereocenters. The second kappa shape index (κ2) is 6.66. The van der Waals surface area contributed by atoms with Gasteiger partial charge in [-0.25, -0.2) is 4.98 Å². The molecule has 0 radical (unpaired) electrons. The van der Waals surface area contributed by atoms with Crippen LogP contribution in [0.4, 0.5) is 17.3 Å². The van der Waals surface area contributed by atoms with Gasteiger partial charge in [0, 0.05) is 16.7 Å². The Morgan fingerprint density at radius 3 is 2.50 bits per heavy atom. The monoisotopic (exact) mass is 373 g/mol. The van der Waals surface area contributed by atoms with Gasteiger partial charge >= 0.3 is 0 Å². The Bertz CT molecular complexity index is 632. The summed E-state index contributed by atoms with van der Waals surface area (Å²) in [5.74, 6) is 1.19. The second-order valence-electron chi connectivity index (χ2n) is 4.27. The lowest BCUT2D eigenvalue weighted by Crippen LogP contribution is -2.03. The van der Waals surface area contributed by atoms with Gasteiger partial charge in [-0.15, -0.1) is 0 Å². The molecule has 0 fully saturated rings. The molecule has 0 saturated carbocycles. The first kappa shape index (κ1) is 15.4. The number of hydrogen-bond donors (Lipinski definition) is 2. The van der Waals surface area contributed by atoms with Crippen molar-refractivity contribution in [3.63, 3.8) is 0 Å². The molecule has 20 heavy (non-hydrogen) atoms. The van der Waals surface area contributed by atoms with Crippen LogP contribution in [0.5, 0.6) is 0 Å². The first-order valence-corrected chi connectivity index (χ1v) is 7.69. The number of hydrogen-bond acceptors (Lipinski definition) is 3. The Morgan fingerprint density at radius 2 is 1.85 bits per heavy atom. The average molecular weight is 375 g/mol. The van der Waals surface area contributed by atoms with Gasteiger partial charge in [-0.3, -0.25) is 0 Å². The van der Waals surface area contributed by atoms with Crippen molar-refractivity contribution in [3.05, 3.63) is 44.3 Å². The van der Waals surface area contributed by atoms with Crippen molar-refractivity contribution in [2.75, 3.05) is 17.2 Å². The predicted molar refractivity (Wildman–Crippen MR) is 90.6 cm³/mol. The molecule has 106 valence electrons. The van der Waals surface area contributed by atoms with Gasteiger partial charge in [0.2, 0.25) is 0 Å². The van der Waals surface area contributed by atoms with Gasteiger partial charge in [-0.2, -0.15) is 0 Å². The maximum atomic E-state index is 6.17. The van der Waals surface area contributed by atoms with E-state index in [1.165, 1.54) is 5.56 Å². The molecule has 2 rings (SSSR count). The number of anilines is 3. The molecule has 1 aromatic carbocycles. The van der Waals surface area contributed by atoms with E-state index in [2.05, 4.69) is 31.5 Å². The first-order chi connectivity index (χ1) is 9.51. The Labute approximate surface area is 136 Å². The Morgan fingerprint density at radius 1 is 1.15 bits per heavy atom. The van der Waals surface area contributed by atoms with Crippen LogP contribution in [-0.4, -0.2) is 11.5 Å². The molecule has 1 heterocycles. The van der Waals surface area contributed by atoms with Crippen LogP contribution >= 0.6 is 39.1 Å². The normalized spacial score (nSPS) is 10.4. The zero-order chi connectivity index (χ0) is 14.7. The smallest absolute Gasteiger partial charge is 0.151 e. The third-order valence-electron chi connectivity index (χ3n) is 2.71. The van der Waals surface area contributed by atoms with E-state index in [9.17, 15) is 0 Å². The summed E-state index contributed by atoms with van der Waals surface area (Å²) in [6.45, 7) is 4.76. The minimum atomic E-state index is 0.480. The van der Waals surface area contributed by atoms with Crippen LogP contribution in [0.2, 0.25) is 10.0 Å². The van der Waals surface area contributed by atoms with E-state index < -0.39 is 0 Å². The number of pyridine rings is 1. The molecule has 0 bridgehead atoms. The maximum absolute atomic E-state index is 6.17. The van der Waals surface area contributed by atoms with Gasteiger partial charge in [0.1, 0.15) is 5.82 Å². The third kappa shape index (κ3) is 3.57. The molecular weight excluding hydrogens is 361 g/mol. The number of aryl methyl sites for hydroxylation is 1. The van der Waals surface area contributed by atoms with E-state index in [0.717, 1.165) is 16.7 Å². The van der Waals surface area contributed by atoms with E-state index in [-0.39, 0.29) is 0 Å². The lowest BCUT2D eigenvalue weighted by molar-refractivity contribution is 1.16. The number of aromatic nitrogens is 1. The molecule has 0 aliphatic heterocycles. The average Bonchev–Trinajstić information content (AvgIpc) is 2.39. The fourth-order valence-electron chi connectivity index (χ4n) is 1.65. The van der Waals surface area contributed by atoms with Crippen LogP contribution in [0.25, 0.3) is 0 Å². The zero-order valence-corrected chi connectivity index (χ0v) is 14.2. The number of nitrogens with one attached hydrogen (secondary N) is 2. The van der Waals surface area contributed by atoms with Crippen molar-refractivity contribution < 1.29 is 0 Å². The van der Waals surface area contributed by atoms with Crippen molar-refractivity contribution in [1.29, 1.82) is 0 Å². The second-order valence-corrected chi connectivity index (χ2v) is 5.94. The summed E-state index contributed by atoms with van der Waals surface area (Å²) in [7, 11) is 0. The van der Waals surface area contributed by atoms with Crippen molar-refractivity contribution in [2.24, 2.45) is 0 Å². The fourth-order valence-corrected chi connectivity index (χ4v) is 2.50. The highest BCUT2D eigenvalue weighted by Crippen LogP contribution is 2.31. The van der Waals surface area contributed by atoms with Crippen LogP contribution in [0.1, 0.15) is 12.5 Å². The van der Waals surface area contributed by atoms with E-state index in [4.69, 9.17) is 23.2 Å². The molecular formula is C14H14BrCl2N3. The molecule has 0 aliphatic carbocycles. The van der Waals surface area contributed by atoms with E-state index in [0.29, 0.717) is 21.7 Å². The van der Waals surface area contributed by atoms with Gasteiger partial charge in [0.25, 0.3) is 0 Å². The Kier molecular flexibility index (Phi) is 5.13. The minimum absolute atomic E-state index is 0.480. The van der Waals surface area contributed by atoms with Crippen molar-refractivity contribution in [3.8, 4) is 0 Å². The largest absolute Gasteiger partial charge is 0.369 e. The molecule has 0 amide bonds. The number of rotatable bonds is 4. The number of benzene rings is 1. The van der Waals surface area contributed by atoms with Crippen LogP contribution in [0, 0.1) is 6.92 Å². The molecule has 3 nitrogen and oxygen atoms in total. The summed E-state index contributed by atoms with van der Waals surface area (Å²) >= 11 is 15.8. The SMILES string of the molecule is CCNc1nc(Nc2ccc(C)c(Br)c2)c(Cl)cc1Cl. The van der Waals surface area contributed by atoms with Crippen LogP contribution in [0.15, 0.2) is 28.7 Å². The van der Waals surface area contributed by atoms with Crippen LogP contribution in [-0.2, 0) is 0 Å². The molecule has 1 aromatic heterocycles. The summed E-state index contributed by atoms with van der Waals surface area (Å²) in [4.78, 5) is 4.41.